The van der Waals surface area contributed by atoms with E-state index in [-0.39, 0.29) is 12.0 Å². The van der Waals surface area contributed by atoms with Crippen molar-refractivity contribution in [2.75, 3.05) is 20.8 Å². The predicted molar refractivity (Wildman–Crippen MR) is 72.3 cm³/mol. The highest BCUT2D eigenvalue weighted by Gasteiger charge is 2.08. The zero-order valence-corrected chi connectivity index (χ0v) is 11.6. The van der Waals surface area contributed by atoms with E-state index in [0.29, 0.717) is 30.9 Å². The molecular weight excluding hydrogens is 246 g/mol. The van der Waals surface area contributed by atoms with Gasteiger partial charge in [-0.05, 0) is 31.0 Å². The van der Waals surface area contributed by atoms with E-state index in [0.717, 1.165) is 5.56 Å². The van der Waals surface area contributed by atoms with Crippen molar-refractivity contribution in [3.63, 3.8) is 0 Å². The van der Waals surface area contributed by atoms with Crippen LogP contribution in [0, 0.1) is 0 Å². The molecule has 0 saturated heterocycles. The first kappa shape index (κ1) is 15.3. The van der Waals surface area contributed by atoms with E-state index in [1.807, 2.05) is 25.1 Å². The second kappa shape index (κ2) is 7.63. The number of methoxy groups -OCH3 is 2. The lowest BCUT2D eigenvalue weighted by Crippen LogP contribution is -2.07. The summed E-state index contributed by atoms with van der Waals surface area (Å²) in [7, 11) is 2.96. The van der Waals surface area contributed by atoms with Crippen LogP contribution >= 0.6 is 0 Å². The Balaban J connectivity index is 2.56. The Morgan fingerprint density at radius 3 is 2.63 bits per heavy atom. The Kier molecular flexibility index (Phi) is 6.15. The van der Waals surface area contributed by atoms with Crippen LogP contribution in [0.15, 0.2) is 18.2 Å². The van der Waals surface area contributed by atoms with Crippen LogP contribution in [0.1, 0.15) is 31.4 Å². The van der Waals surface area contributed by atoms with E-state index in [2.05, 4.69) is 4.74 Å². The van der Waals surface area contributed by atoms with Gasteiger partial charge in [-0.3, -0.25) is 4.79 Å². The molecule has 0 saturated carbocycles. The molecule has 106 valence electrons. The van der Waals surface area contributed by atoms with Gasteiger partial charge in [0.15, 0.2) is 11.5 Å². The number of benzene rings is 1. The van der Waals surface area contributed by atoms with Crippen molar-refractivity contribution in [1.82, 2.24) is 0 Å². The molecule has 5 heteroatoms. The zero-order chi connectivity index (χ0) is 14.3. The van der Waals surface area contributed by atoms with Crippen LogP contribution < -0.4 is 15.2 Å². The van der Waals surface area contributed by atoms with E-state index in [4.69, 9.17) is 15.2 Å². The molecular formula is C14H21NO4. The molecule has 0 unspecified atom stereocenters. The average Bonchev–Trinajstić information content (AvgIpc) is 2.42. The van der Waals surface area contributed by atoms with Gasteiger partial charge in [0.2, 0.25) is 0 Å². The molecule has 1 rings (SSSR count). The molecule has 0 aliphatic heterocycles. The molecule has 0 heterocycles. The van der Waals surface area contributed by atoms with Gasteiger partial charge < -0.3 is 19.9 Å². The predicted octanol–water partition coefficient (Wildman–Crippen LogP) is 2.05. The van der Waals surface area contributed by atoms with Crippen LogP contribution in [0.4, 0.5) is 0 Å². The van der Waals surface area contributed by atoms with Gasteiger partial charge >= 0.3 is 5.97 Å². The maximum Gasteiger partial charge on any atom is 0.305 e. The zero-order valence-electron chi connectivity index (χ0n) is 11.6. The van der Waals surface area contributed by atoms with E-state index in [9.17, 15) is 4.79 Å². The van der Waals surface area contributed by atoms with Gasteiger partial charge in [-0.25, -0.2) is 0 Å². The van der Waals surface area contributed by atoms with Crippen LogP contribution in [0.5, 0.6) is 11.5 Å². The lowest BCUT2D eigenvalue weighted by Gasteiger charge is -2.13. The smallest absolute Gasteiger partial charge is 0.305 e. The summed E-state index contributed by atoms with van der Waals surface area (Å²) in [5, 5.41) is 0. The summed E-state index contributed by atoms with van der Waals surface area (Å²) < 4.78 is 15.4. The minimum absolute atomic E-state index is 0.0534. The topological polar surface area (TPSA) is 70.8 Å². The summed E-state index contributed by atoms with van der Waals surface area (Å²) in [5.74, 6) is 1.06. The minimum Gasteiger partial charge on any atom is -0.493 e. The Labute approximate surface area is 113 Å². The third-order valence-electron chi connectivity index (χ3n) is 2.72. The largest absolute Gasteiger partial charge is 0.493 e. The molecule has 1 atom stereocenters. The van der Waals surface area contributed by atoms with Gasteiger partial charge in [0.25, 0.3) is 0 Å². The summed E-state index contributed by atoms with van der Waals surface area (Å²) >= 11 is 0. The molecule has 1 aromatic rings. The van der Waals surface area contributed by atoms with E-state index >= 15 is 0 Å². The fourth-order valence-corrected chi connectivity index (χ4v) is 1.59. The first-order valence-corrected chi connectivity index (χ1v) is 6.21. The van der Waals surface area contributed by atoms with Crippen molar-refractivity contribution in [3.05, 3.63) is 23.8 Å². The fourth-order valence-electron chi connectivity index (χ4n) is 1.59. The molecule has 0 aliphatic carbocycles. The SMILES string of the molecule is COC(=O)CCCOc1ccc([C@@H](C)N)cc1OC. The number of rotatable bonds is 7. The van der Waals surface area contributed by atoms with Crippen LogP contribution in [-0.2, 0) is 9.53 Å². The Bertz CT molecular complexity index is 418. The molecule has 2 N–H and O–H groups in total. The van der Waals surface area contributed by atoms with Crippen molar-refractivity contribution in [2.45, 2.75) is 25.8 Å². The van der Waals surface area contributed by atoms with E-state index in [1.54, 1.807) is 7.11 Å². The highest BCUT2D eigenvalue weighted by atomic mass is 16.5. The van der Waals surface area contributed by atoms with Gasteiger partial charge in [-0.15, -0.1) is 0 Å². The summed E-state index contributed by atoms with van der Waals surface area (Å²) in [6.45, 7) is 2.34. The molecule has 0 fully saturated rings. The van der Waals surface area contributed by atoms with E-state index in [1.165, 1.54) is 7.11 Å². The average molecular weight is 267 g/mol. The van der Waals surface area contributed by atoms with Gasteiger partial charge in [0.05, 0.1) is 20.8 Å². The van der Waals surface area contributed by atoms with Crippen LogP contribution in [0.3, 0.4) is 0 Å². The highest BCUT2D eigenvalue weighted by molar-refractivity contribution is 5.69. The summed E-state index contributed by atoms with van der Waals surface area (Å²) in [6, 6.07) is 5.54. The molecule has 0 radical (unpaired) electrons. The number of carbonyl (C=O) groups is 1. The fraction of sp³-hybridized carbons (Fsp3) is 0.500. The quantitative estimate of drug-likeness (QED) is 0.604. The van der Waals surface area contributed by atoms with Crippen molar-refractivity contribution in [2.24, 2.45) is 5.73 Å². The lowest BCUT2D eigenvalue weighted by molar-refractivity contribution is -0.140. The summed E-state index contributed by atoms with van der Waals surface area (Å²) in [5.41, 5.74) is 6.79. The molecule has 0 amide bonds. The Morgan fingerprint density at radius 1 is 1.32 bits per heavy atom. The molecule has 0 aliphatic rings. The van der Waals surface area contributed by atoms with Gasteiger partial charge in [-0.2, -0.15) is 0 Å². The van der Waals surface area contributed by atoms with Crippen molar-refractivity contribution in [1.29, 1.82) is 0 Å². The third-order valence-corrected chi connectivity index (χ3v) is 2.72. The molecule has 0 bridgehead atoms. The summed E-state index contributed by atoms with van der Waals surface area (Å²) in [4.78, 5) is 10.9. The van der Waals surface area contributed by atoms with Crippen molar-refractivity contribution < 1.29 is 19.0 Å². The minimum atomic E-state index is -0.233. The van der Waals surface area contributed by atoms with Gasteiger partial charge in [0, 0.05) is 12.5 Å². The number of hydrogen-bond donors (Lipinski definition) is 1. The maximum atomic E-state index is 10.9. The van der Waals surface area contributed by atoms with Crippen molar-refractivity contribution >= 4 is 5.97 Å². The first-order chi connectivity index (χ1) is 9.08. The number of esters is 1. The molecule has 0 spiro atoms. The molecule has 1 aromatic carbocycles. The van der Waals surface area contributed by atoms with Crippen LogP contribution in [-0.4, -0.2) is 26.8 Å². The Hall–Kier alpha value is -1.75. The first-order valence-electron chi connectivity index (χ1n) is 6.21. The van der Waals surface area contributed by atoms with Crippen LogP contribution in [0.2, 0.25) is 0 Å². The maximum absolute atomic E-state index is 10.9. The third kappa shape index (κ3) is 4.79. The van der Waals surface area contributed by atoms with Gasteiger partial charge in [0.1, 0.15) is 0 Å². The summed E-state index contributed by atoms with van der Waals surface area (Å²) in [6.07, 6.45) is 0.946. The number of hydrogen-bond acceptors (Lipinski definition) is 5. The standard InChI is InChI=1S/C14H21NO4/c1-10(15)11-6-7-12(13(9-11)17-2)19-8-4-5-14(16)18-3/h6-7,9-10H,4-5,8,15H2,1-3H3/t10-/m1/s1. The monoisotopic (exact) mass is 267 g/mol. The van der Waals surface area contributed by atoms with Gasteiger partial charge in [-0.1, -0.05) is 6.07 Å². The second-order valence-corrected chi connectivity index (χ2v) is 4.23. The second-order valence-electron chi connectivity index (χ2n) is 4.23. The number of carbonyl (C=O) groups excluding carboxylic acids is 1. The molecule has 5 nitrogen and oxygen atoms in total. The number of nitrogens with two attached hydrogens (primary N) is 1. The van der Waals surface area contributed by atoms with Crippen molar-refractivity contribution in [3.8, 4) is 11.5 Å². The highest BCUT2D eigenvalue weighted by Crippen LogP contribution is 2.29. The molecule has 19 heavy (non-hydrogen) atoms. The lowest BCUT2D eigenvalue weighted by atomic mass is 10.1. The molecule has 0 aromatic heterocycles. The van der Waals surface area contributed by atoms with E-state index < -0.39 is 0 Å². The number of ether oxygens (including phenoxy) is 3. The Morgan fingerprint density at radius 2 is 2.05 bits per heavy atom. The normalized spacial score (nSPS) is 11.8. The van der Waals surface area contributed by atoms with Crippen LogP contribution in [0.25, 0.3) is 0 Å².